The minimum atomic E-state index is -0.159. The van der Waals surface area contributed by atoms with E-state index in [1.165, 1.54) is 0 Å². The molecule has 1 aliphatic rings. The smallest absolute Gasteiger partial charge is 0.185 e. The van der Waals surface area contributed by atoms with Crippen LogP contribution in [-0.4, -0.2) is 20.2 Å². The Morgan fingerprint density at radius 1 is 1.10 bits per heavy atom. The van der Waals surface area contributed by atoms with Gasteiger partial charge in [-0.25, -0.2) is 4.68 Å². The van der Waals surface area contributed by atoms with Gasteiger partial charge in [0.05, 0.1) is 12.1 Å². The monoisotopic (exact) mass is 298 g/mol. The number of tetrazole rings is 1. The van der Waals surface area contributed by atoms with Crippen LogP contribution in [0, 0.1) is 0 Å². The first-order valence-electron chi connectivity index (χ1n) is 6.59. The maximum absolute atomic E-state index is 6.15. The predicted molar refractivity (Wildman–Crippen MR) is 78.1 cm³/mol. The molecule has 1 aliphatic heterocycles. The molecule has 4 rings (SSSR count). The summed E-state index contributed by atoms with van der Waals surface area (Å²) in [4.78, 5) is 0. The zero-order valence-corrected chi connectivity index (χ0v) is 11.7. The average Bonchev–Trinajstić information content (AvgIpc) is 2.90. The fourth-order valence-electron chi connectivity index (χ4n) is 2.47. The van der Waals surface area contributed by atoms with Crippen LogP contribution in [0.1, 0.15) is 11.7 Å². The fraction of sp³-hybridized carbons (Fsp3) is 0.133. The van der Waals surface area contributed by atoms with Crippen molar-refractivity contribution in [2.24, 2.45) is 0 Å². The van der Waals surface area contributed by atoms with Gasteiger partial charge in [-0.1, -0.05) is 35.9 Å². The molecule has 0 saturated carbocycles. The molecule has 1 atom stereocenters. The van der Waals surface area contributed by atoms with Crippen LogP contribution in [0.5, 0.6) is 5.75 Å². The summed E-state index contributed by atoms with van der Waals surface area (Å²) in [6, 6.07) is 15.4. The number of halogens is 1. The number of ether oxygens (including phenoxy) is 1. The van der Waals surface area contributed by atoms with Crippen LogP contribution in [0.25, 0.3) is 11.4 Å². The second kappa shape index (κ2) is 4.86. The lowest BCUT2D eigenvalue weighted by molar-refractivity contribution is 0.184. The van der Waals surface area contributed by atoms with Crippen LogP contribution in [0.3, 0.4) is 0 Å². The highest BCUT2D eigenvalue weighted by atomic mass is 35.5. The minimum absolute atomic E-state index is 0.159. The number of benzene rings is 2. The van der Waals surface area contributed by atoms with E-state index >= 15 is 0 Å². The molecular formula is C15H11ClN4O. The van der Waals surface area contributed by atoms with Crippen molar-refractivity contribution in [2.45, 2.75) is 12.6 Å². The lowest BCUT2D eigenvalue weighted by Gasteiger charge is -2.17. The Morgan fingerprint density at radius 2 is 1.90 bits per heavy atom. The summed E-state index contributed by atoms with van der Waals surface area (Å²) < 4.78 is 7.92. The third-order valence-electron chi connectivity index (χ3n) is 3.51. The Bertz CT molecular complexity index is 784. The number of aromatic nitrogens is 4. The molecule has 0 bridgehead atoms. The fourth-order valence-corrected chi connectivity index (χ4v) is 2.60. The molecule has 6 heteroatoms. The van der Waals surface area contributed by atoms with Gasteiger partial charge < -0.3 is 4.74 Å². The highest BCUT2D eigenvalue weighted by Crippen LogP contribution is 2.35. The summed E-state index contributed by atoms with van der Waals surface area (Å²) in [7, 11) is 0. The molecule has 0 amide bonds. The number of nitrogens with zero attached hydrogens (tertiary/aromatic N) is 4. The van der Waals surface area contributed by atoms with E-state index in [4.69, 9.17) is 16.3 Å². The molecule has 0 fully saturated rings. The van der Waals surface area contributed by atoms with Crippen molar-refractivity contribution >= 4 is 11.6 Å². The van der Waals surface area contributed by atoms with E-state index < -0.39 is 0 Å². The highest BCUT2D eigenvalue weighted by molar-refractivity contribution is 6.30. The van der Waals surface area contributed by atoms with Crippen LogP contribution >= 0.6 is 11.6 Å². The Labute approximate surface area is 126 Å². The third kappa shape index (κ3) is 2.15. The number of hydrogen-bond acceptors (Lipinski definition) is 4. The molecule has 1 unspecified atom stereocenters. The summed E-state index contributed by atoms with van der Waals surface area (Å²) in [5, 5.41) is 12.6. The van der Waals surface area contributed by atoms with E-state index in [-0.39, 0.29) is 6.10 Å². The van der Waals surface area contributed by atoms with Gasteiger partial charge in [-0.2, -0.15) is 0 Å². The van der Waals surface area contributed by atoms with Crippen LogP contribution in [-0.2, 0) is 6.54 Å². The normalized spacial score (nSPS) is 16.5. The Kier molecular flexibility index (Phi) is 2.86. The van der Waals surface area contributed by atoms with E-state index in [2.05, 4.69) is 15.5 Å². The second-order valence-electron chi connectivity index (χ2n) is 4.84. The predicted octanol–water partition coefficient (Wildman–Crippen LogP) is 3.13. The summed E-state index contributed by atoms with van der Waals surface area (Å²) in [6.07, 6.45) is -0.159. The molecule has 0 N–H and O–H groups in total. The SMILES string of the molecule is Clc1ccc(C2Cn3nnnc3-c3ccccc3O2)cc1. The molecule has 0 saturated heterocycles. The molecule has 21 heavy (non-hydrogen) atoms. The Hall–Kier alpha value is -2.40. The maximum Gasteiger partial charge on any atom is 0.185 e. The first-order valence-corrected chi connectivity index (χ1v) is 6.97. The van der Waals surface area contributed by atoms with Crippen molar-refractivity contribution in [3.8, 4) is 17.1 Å². The molecule has 3 aromatic rings. The molecule has 0 radical (unpaired) electrons. The van der Waals surface area contributed by atoms with Gasteiger partial charge in [0.15, 0.2) is 5.82 Å². The van der Waals surface area contributed by atoms with E-state index in [9.17, 15) is 0 Å². The van der Waals surface area contributed by atoms with Crippen molar-refractivity contribution in [2.75, 3.05) is 0 Å². The van der Waals surface area contributed by atoms with Crippen LogP contribution in [0.15, 0.2) is 48.5 Å². The molecule has 104 valence electrons. The molecular weight excluding hydrogens is 288 g/mol. The third-order valence-corrected chi connectivity index (χ3v) is 3.76. The molecule has 0 aliphatic carbocycles. The van der Waals surface area contributed by atoms with Gasteiger partial charge in [0, 0.05) is 5.02 Å². The molecule has 2 aromatic carbocycles. The van der Waals surface area contributed by atoms with Crippen LogP contribution in [0.4, 0.5) is 0 Å². The quantitative estimate of drug-likeness (QED) is 0.692. The first kappa shape index (κ1) is 12.3. The molecule has 0 spiro atoms. The van der Waals surface area contributed by atoms with Gasteiger partial charge in [-0.3, -0.25) is 0 Å². The van der Waals surface area contributed by atoms with Crippen molar-refractivity contribution in [1.82, 2.24) is 20.2 Å². The summed E-state index contributed by atoms with van der Waals surface area (Å²) >= 11 is 5.95. The summed E-state index contributed by atoms with van der Waals surface area (Å²) in [5.41, 5.74) is 1.94. The summed E-state index contributed by atoms with van der Waals surface area (Å²) in [5.74, 6) is 1.51. The minimum Gasteiger partial charge on any atom is -0.483 e. The van der Waals surface area contributed by atoms with Crippen LogP contribution in [0.2, 0.25) is 5.02 Å². The van der Waals surface area contributed by atoms with Gasteiger partial charge >= 0.3 is 0 Å². The largest absolute Gasteiger partial charge is 0.483 e. The first-order chi connectivity index (χ1) is 10.3. The van der Waals surface area contributed by atoms with E-state index in [0.717, 1.165) is 22.7 Å². The average molecular weight is 299 g/mol. The number of hydrogen-bond donors (Lipinski definition) is 0. The standard InChI is InChI=1S/C15H11ClN4O/c16-11-7-5-10(6-8-11)14-9-20-15(17-18-19-20)12-3-1-2-4-13(12)21-14/h1-8,14H,9H2. The van der Waals surface area contributed by atoms with Crippen molar-refractivity contribution < 1.29 is 4.74 Å². The topological polar surface area (TPSA) is 52.8 Å². The van der Waals surface area contributed by atoms with Crippen molar-refractivity contribution in [3.63, 3.8) is 0 Å². The number of rotatable bonds is 1. The number of fused-ring (bicyclic) bond motifs is 3. The van der Waals surface area contributed by atoms with Gasteiger partial charge in [-0.05, 0) is 40.3 Å². The van der Waals surface area contributed by atoms with E-state index in [1.807, 2.05) is 48.5 Å². The maximum atomic E-state index is 6.15. The van der Waals surface area contributed by atoms with Gasteiger partial charge in [-0.15, -0.1) is 5.10 Å². The molecule has 1 aromatic heterocycles. The number of para-hydroxylation sites is 1. The summed E-state index contributed by atoms with van der Waals surface area (Å²) in [6.45, 7) is 0.554. The second-order valence-corrected chi connectivity index (χ2v) is 5.28. The zero-order valence-electron chi connectivity index (χ0n) is 11.0. The van der Waals surface area contributed by atoms with Gasteiger partial charge in [0.1, 0.15) is 11.9 Å². The Balaban J connectivity index is 1.82. The van der Waals surface area contributed by atoms with Gasteiger partial charge in [0.25, 0.3) is 0 Å². The van der Waals surface area contributed by atoms with Crippen LogP contribution < -0.4 is 4.74 Å². The molecule has 2 heterocycles. The van der Waals surface area contributed by atoms with Crippen molar-refractivity contribution in [1.29, 1.82) is 0 Å². The van der Waals surface area contributed by atoms with Crippen molar-refractivity contribution in [3.05, 3.63) is 59.1 Å². The van der Waals surface area contributed by atoms with E-state index in [0.29, 0.717) is 11.6 Å². The highest BCUT2D eigenvalue weighted by Gasteiger charge is 2.25. The Morgan fingerprint density at radius 3 is 2.76 bits per heavy atom. The zero-order chi connectivity index (χ0) is 14.2. The van der Waals surface area contributed by atoms with E-state index in [1.54, 1.807) is 4.68 Å². The van der Waals surface area contributed by atoms with Gasteiger partial charge in [0.2, 0.25) is 0 Å². The molecule has 5 nitrogen and oxygen atoms in total. The lowest BCUT2D eigenvalue weighted by atomic mass is 10.1. The lowest BCUT2D eigenvalue weighted by Crippen LogP contribution is -2.14.